The van der Waals surface area contributed by atoms with Crippen molar-refractivity contribution in [2.75, 3.05) is 38.6 Å². The Morgan fingerprint density at radius 1 is 1.19 bits per heavy atom. The van der Waals surface area contributed by atoms with Gasteiger partial charge in [-0.05, 0) is 24.3 Å². The van der Waals surface area contributed by atoms with E-state index in [4.69, 9.17) is 4.74 Å². The number of carbonyl (C=O) groups is 1. The number of quaternary nitrogens is 1. The molecule has 2 aromatic carbocycles. The van der Waals surface area contributed by atoms with Crippen LogP contribution in [0.15, 0.2) is 42.5 Å². The minimum Gasteiger partial charge on any atom is -0.497 e. The van der Waals surface area contributed by atoms with Gasteiger partial charge in [0.05, 0.1) is 39.0 Å². The molecule has 0 saturated carbocycles. The van der Waals surface area contributed by atoms with Gasteiger partial charge in [0.15, 0.2) is 0 Å². The number of nitrogens with zero attached hydrogens (tertiary/aromatic N) is 1. The number of amides is 2. The minimum atomic E-state index is -0.777. The summed E-state index contributed by atoms with van der Waals surface area (Å²) < 4.78 is 31.8. The standard InChI is InChI=1S/C19H21F2N3O2/c1-26-16-4-2-3-14(11-16)13-23-7-9-24(10-8-23)19(25)22-18-6-5-15(20)12-17(18)21/h2-6,11-12H,7-10,13H2,1H3,(H,22,25)/p+1. The van der Waals surface area contributed by atoms with Crippen LogP contribution < -0.4 is 15.0 Å². The summed E-state index contributed by atoms with van der Waals surface area (Å²) in [7, 11) is 1.65. The molecule has 0 aromatic heterocycles. The van der Waals surface area contributed by atoms with Gasteiger partial charge in [-0.1, -0.05) is 12.1 Å². The van der Waals surface area contributed by atoms with E-state index in [2.05, 4.69) is 11.4 Å². The Balaban J connectivity index is 1.52. The first kappa shape index (κ1) is 18.1. The third-order valence-corrected chi connectivity index (χ3v) is 4.52. The minimum absolute atomic E-state index is 0.0115. The van der Waals surface area contributed by atoms with Gasteiger partial charge >= 0.3 is 6.03 Å². The number of urea groups is 1. The largest absolute Gasteiger partial charge is 0.497 e. The zero-order chi connectivity index (χ0) is 18.5. The number of piperazine rings is 1. The fourth-order valence-electron chi connectivity index (χ4n) is 3.06. The Kier molecular flexibility index (Phi) is 5.68. The number of ether oxygens (including phenoxy) is 1. The van der Waals surface area contributed by atoms with Crippen molar-refractivity contribution >= 4 is 11.7 Å². The molecule has 0 aliphatic carbocycles. The van der Waals surface area contributed by atoms with E-state index in [0.29, 0.717) is 13.1 Å². The Morgan fingerprint density at radius 3 is 2.65 bits per heavy atom. The topological polar surface area (TPSA) is 46.0 Å². The van der Waals surface area contributed by atoms with Crippen molar-refractivity contribution in [1.29, 1.82) is 0 Å². The van der Waals surface area contributed by atoms with E-state index < -0.39 is 11.6 Å². The summed E-state index contributed by atoms with van der Waals surface area (Å²) >= 11 is 0. The molecule has 1 fully saturated rings. The van der Waals surface area contributed by atoms with Crippen LogP contribution in [0.2, 0.25) is 0 Å². The molecule has 2 amide bonds. The number of methoxy groups -OCH3 is 1. The first-order chi connectivity index (χ1) is 12.5. The molecule has 7 heteroatoms. The lowest BCUT2D eigenvalue weighted by atomic mass is 10.2. The first-order valence-corrected chi connectivity index (χ1v) is 8.52. The van der Waals surface area contributed by atoms with Gasteiger partial charge in [-0.25, -0.2) is 13.6 Å². The van der Waals surface area contributed by atoms with E-state index in [1.54, 1.807) is 12.0 Å². The second-order valence-corrected chi connectivity index (χ2v) is 6.32. The number of rotatable bonds is 4. The van der Waals surface area contributed by atoms with Gasteiger partial charge in [0.1, 0.15) is 23.9 Å². The van der Waals surface area contributed by atoms with Gasteiger partial charge in [0.2, 0.25) is 0 Å². The lowest BCUT2D eigenvalue weighted by Gasteiger charge is -2.32. The summed E-state index contributed by atoms with van der Waals surface area (Å²) in [6.45, 7) is 3.62. The summed E-state index contributed by atoms with van der Waals surface area (Å²) in [5.74, 6) is -0.614. The molecule has 26 heavy (non-hydrogen) atoms. The molecule has 1 heterocycles. The highest BCUT2D eigenvalue weighted by atomic mass is 19.1. The monoisotopic (exact) mass is 362 g/mol. The van der Waals surface area contributed by atoms with Crippen molar-refractivity contribution < 1.29 is 23.2 Å². The van der Waals surface area contributed by atoms with Gasteiger partial charge < -0.3 is 19.9 Å². The van der Waals surface area contributed by atoms with Gasteiger partial charge in [0, 0.05) is 11.6 Å². The van der Waals surface area contributed by atoms with E-state index in [1.165, 1.54) is 16.5 Å². The predicted molar refractivity (Wildman–Crippen MR) is 94.3 cm³/mol. The molecule has 1 aliphatic rings. The Hall–Kier alpha value is -2.67. The smallest absolute Gasteiger partial charge is 0.322 e. The molecule has 0 unspecified atom stereocenters. The molecule has 0 spiro atoms. The van der Waals surface area contributed by atoms with E-state index in [-0.39, 0.29) is 11.7 Å². The third kappa shape index (κ3) is 4.49. The average molecular weight is 362 g/mol. The summed E-state index contributed by atoms with van der Waals surface area (Å²) in [6, 6.07) is 10.7. The van der Waals surface area contributed by atoms with Crippen LogP contribution in [0.4, 0.5) is 19.3 Å². The number of halogens is 2. The van der Waals surface area contributed by atoms with Crippen LogP contribution in [-0.4, -0.2) is 44.2 Å². The van der Waals surface area contributed by atoms with Crippen molar-refractivity contribution in [3.8, 4) is 5.75 Å². The summed E-state index contributed by atoms with van der Waals surface area (Å²) in [5.41, 5.74) is 1.17. The summed E-state index contributed by atoms with van der Waals surface area (Å²) in [6.07, 6.45) is 0. The fourth-order valence-corrected chi connectivity index (χ4v) is 3.06. The second-order valence-electron chi connectivity index (χ2n) is 6.32. The van der Waals surface area contributed by atoms with Gasteiger partial charge in [-0.15, -0.1) is 0 Å². The van der Waals surface area contributed by atoms with Crippen molar-refractivity contribution in [3.05, 3.63) is 59.7 Å². The number of benzene rings is 2. The molecule has 2 N–H and O–H groups in total. The fraction of sp³-hybridized carbons (Fsp3) is 0.316. The highest BCUT2D eigenvalue weighted by Crippen LogP contribution is 2.15. The van der Waals surface area contributed by atoms with Gasteiger partial charge in [-0.2, -0.15) is 0 Å². The molecule has 0 radical (unpaired) electrons. The predicted octanol–water partition coefficient (Wildman–Crippen LogP) is 1.91. The van der Waals surface area contributed by atoms with Gasteiger partial charge in [-0.3, -0.25) is 0 Å². The zero-order valence-electron chi connectivity index (χ0n) is 14.6. The highest BCUT2D eigenvalue weighted by molar-refractivity contribution is 5.89. The average Bonchev–Trinajstić information content (AvgIpc) is 2.64. The Labute approximate surface area is 151 Å². The lowest BCUT2D eigenvalue weighted by Crippen LogP contribution is -3.13. The van der Waals surface area contributed by atoms with Crippen LogP contribution >= 0.6 is 0 Å². The highest BCUT2D eigenvalue weighted by Gasteiger charge is 2.24. The number of hydrogen-bond acceptors (Lipinski definition) is 2. The Bertz CT molecular complexity index is 777. The van der Waals surface area contributed by atoms with Gasteiger partial charge in [0.25, 0.3) is 0 Å². The van der Waals surface area contributed by atoms with Crippen molar-refractivity contribution in [2.24, 2.45) is 0 Å². The molecule has 2 aromatic rings. The lowest BCUT2D eigenvalue weighted by molar-refractivity contribution is -0.917. The number of nitrogens with one attached hydrogen (secondary N) is 2. The van der Waals surface area contributed by atoms with Crippen molar-refractivity contribution in [2.45, 2.75) is 6.54 Å². The van der Waals surface area contributed by atoms with Crippen LogP contribution in [0.1, 0.15) is 5.56 Å². The van der Waals surface area contributed by atoms with Crippen molar-refractivity contribution in [1.82, 2.24) is 4.90 Å². The van der Waals surface area contributed by atoms with E-state index in [1.807, 2.05) is 18.2 Å². The molecular formula is C19H22F2N3O2+. The normalized spacial score (nSPS) is 15.0. The number of carbonyl (C=O) groups excluding carboxylic acids is 1. The molecule has 0 atom stereocenters. The maximum absolute atomic E-state index is 13.7. The van der Waals surface area contributed by atoms with Crippen LogP contribution in [0, 0.1) is 11.6 Å². The van der Waals surface area contributed by atoms with E-state index in [0.717, 1.165) is 37.5 Å². The van der Waals surface area contributed by atoms with E-state index >= 15 is 0 Å². The van der Waals surface area contributed by atoms with Crippen molar-refractivity contribution in [3.63, 3.8) is 0 Å². The summed E-state index contributed by atoms with van der Waals surface area (Å²) in [5, 5.41) is 2.51. The number of anilines is 1. The van der Waals surface area contributed by atoms with Crippen LogP contribution in [0.5, 0.6) is 5.75 Å². The molecule has 0 bridgehead atoms. The Morgan fingerprint density at radius 2 is 1.96 bits per heavy atom. The molecule has 138 valence electrons. The molecule has 1 aliphatic heterocycles. The molecular weight excluding hydrogens is 340 g/mol. The maximum atomic E-state index is 13.7. The second kappa shape index (κ2) is 8.14. The zero-order valence-corrected chi connectivity index (χ0v) is 14.6. The quantitative estimate of drug-likeness (QED) is 0.873. The van der Waals surface area contributed by atoms with Crippen LogP contribution in [0.3, 0.4) is 0 Å². The first-order valence-electron chi connectivity index (χ1n) is 8.52. The van der Waals surface area contributed by atoms with Crippen LogP contribution in [0.25, 0.3) is 0 Å². The summed E-state index contributed by atoms with van der Waals surface area (Å²) in [4.78, 5) is 15.3. The third-order valence-electron chi connectivity index (χ3n) is 4.52. The van der Waals surface area contributed by atoms with E-state index in [9.17, 15) is 13.6 Å². The SMILES string of the molecule is COc1cccc(C[NH+]2CCN(C(=O)Nc3ccc(F)cc3F)CC2)c1. The number of hydrogen-bond donors (Lipinski definition) is 2. The molecule has 3 rings (SSSR count). The molecule has 1 saturated heterocycles. The molecule has 5 nitrogen and oxygen atoms in total. The maximum Gasteiger partial charge on any atom is 0.322 e. The van der Waals surface area contributed by atoms with Crippen LogP contribution in [-0.2, 0) is 6.54 Å².